The summed E-state index contributed by atoms with van der Waals surface area (Å²) in [6.07, 6.45) is -0.306. The molecule has 0 aliphatic carbocycles. The SMILES string of the molecule is COC(=O)[C@@H](CCCN/C(N)=N\[N+](=O)[O-])NC(=O)[C@@H](NC(=O)OCc1ccccc1)C(C)C. The third kappa shape index (κ3) is 10.8. The summed E-state index contributed by atoms with van der Waals surface area (Å²) in [6.45, 7) is 3.68. The number of alkyl carbamates (subject to hydrolysis) is 1. The first-order valence-electron chi connectivity index (χ1n) is 10.2. The molecule has 0 heterocycles. The Morgan fingerprint density at radius 1 is 1.18 bits per heavy atom. The Morgan fingerprint density at radius 3 is 2.42 bits per heavy atom. The fourth-order valence-corrected chi connectivity index (χ4v) is 2.73. The minimum Gasteiger partial charge on any atom is -0.467 e. The topological polar surface area (TPSA) is 187 Å². The lowest BCUT2D eigenvalue weighted by Gasteiger charge is -2.24. The van der Waals surface area contributed by atoms with Crippen molar-refractivity contribution in [1.82, 2.24) is 16.0 Å². The number of hydrogen-bond acceptors (Lipinski definition) is 7. The molecule has 0 saturated heterocycles. The number of hydrogen-bond donors (Lipinski definition) is 4. The average Bonchev–Trinajstić information content (AvgIpc) is 2.77. The molecular weight excluding hydrogens is 436 g/mol. The highest BCUT2D eigenvalue weighted by Crippen LogP contribution is 2.07. The van der Waals surface area contributed by atoms with Crippen molar-refractivity contribution in [3.05, 3.63) is 46.0 Å². The lowest BCUT2D eigenvalue weighted by molar-refractivity contribution is -0.485. The number of carbonyl (C=O) groups excluding carboxylic acids is 3. The summed E-state index contributed by atoms with van der Waals surface area (Å²) in [5.41, 5.74) is 6.12. The predicted molar refractivity (Wildman–Crippen MR) is 118 cm³/mol. The van der Waals surface area contributed by atoms with Gasteiger partial charge in [-0.05, 0) is 24.3 Å². The summed E-state index contributed by atoms with van der Waals surface area (Å²) in [6, 6.07) is 7.10. The van der Waals surface area contributed by atoms with E-state index >= 15 is 0 Å². The van der Waals surface area contributed by atoms with E-state index in [4.69, 9.17) is 15.2 Å². The highest BCUT2D eigenvalue weighted by Gasteiger charge is 2.29. The number of methoxy groups -OCH3 is 1. The fraction of sp³-hybridized carbons (Fsp3) is 0.500. The van der Waals surface area contributed by atoms with E-state index in [0.717, 1.165) is 5.56 Å². The third-order valence-electron chi connectivity index (χ3n) is 4.40. The molecule has 1 aromatic carbocycles. The molecule has 13 nitrogen and oxygen atoms in total. The minimum absolute atomic E-state index is 0.0414. The molecule has 0 unspecified atom stereocenters. The molecule has 0 fully saturated rings. The molecule has 182 valence electrons. The Kier molecular flexibility index (Phi) is 11.7. The fourth-order valence-electron chi connectivity index (χ4n) is 2.73. The Morgan fingerprint density at radius 2 is 1.85 bits per heavy atom. The zero-order valence-corrected chi connectivity index (χ0v) is 18.8. The van der Waals surface area contributed by atoms with Gasteiger partial charge in [0.25, 0.3) is 5.96 Å². The number of nitro groups is 1. The molecule has 33 heavy (non-hydrogen) atoms. The van der Waals surface area contributed by atoms with Crippen LogP contribution >= 0.6 is 0 Å². The van der Waals surface area contributed by atoms with E-state index in [1.165, 1.54) is 7.11 Å². The van der Waals surface area contributed by atoms with Crippen molar-refractivity contribution >= 4 is 23.9 Å². The molecule has 0 saturated carbocycles. The van der Waals surface area contributed by atoms with Crippen LogP contribution in [0.15, 0.2) is 35.4 Å². The summed E-state index contributed by atoms with van der Waals surface area (Å²) in [5.74, 6) is -1.94. The lowest BCUT2D eigenvalue weighted by Crippen LogP contribution is -2.54. The van der Waals surface area contributed by atoms with E-state index in [1.807, 2.05) is 18.2 Å². The van der Waals surface area contributed by atoms with Gasteiger partial charge >= 0.3 is 12.1 Å². The monoisotopic (exact) mass is 466 g/mol. The predicted octanol–water partition coefficient (Wildman–Crippen LogP) is 0.471. The van der Waals surface area contributed by atoms with Crippen LogP contribution in [0.2, 0.25) is 0 Å². The zero-order valence-electron chi connectivity index (χ0n) is 18.8. The highest BCUT2D eigenvalue weighted by molar-refractivity contribution is 5.89. The number of rotatable bonds is 12. The number of guanidine groups is 1. The maximum atomic E-state index is 12.8. The summed E-state index contributed by atoms with van der Waals surface area (Å²) in [4.78, 5) is 47.3. The molecule has 2 amide bonds. The highest BCUT2D eigenvalue weighted by atomic mass is 16.7. The Balaban J connectivity index is 2.64. The first kappa shape index (κ1) is 27.1. The van der Waals surface area contributed by atoms with Gasteiger partial charge in [-0.1, -0.05) is 44.2 Å². The first-order chi connectivity index (χ1) is 15.6. The number of carbonyl (C=O) groups is 3. The van der Waals surface area contributed by atoms with Crippen LogP contribution in [0.1, 0.15) is 32.3 Å². The molecule has 13 heteroatoms. The Hall–Kier alpha value is -3.90. The zero-order chi connectivity index (χ0) is 24.8. The van der Waals surface area contributed by atoms with Crippen molar-refractivity contribution in [2.24, 2.45) is 16.8 Å². The average molecular weight is 466 g/mol. The molecule has 5 N–H and O–H groups in total. The molecule has 0 radical (unpaired) electrons. The van der Waals surface area contributed by atoms with Crippen molar-refractivity contribution < 1.29 is 28.9 Å². The lowest BCUT2D eigenvalue weighted by atomic mass is 10.0. The van der Waals surface area contributed by atoms with Crippen molar-refractivity contribution in [3.63, 3.8) is 0 Å². The van der Waals surface area contributed by atoms with E-state index < -0.39 is 35.1 Å². The van der Waals surface area contributed by atoms with Crippen molar-refractivity contribution in [1.29, 1.82) is 0 Å². The molecular formula is C20H30N6O7. The quantitative estimate of drug-likeness (QED) is 0.0848. The van der Waals surface area contributed by atoms with Crippen LogP contribution in [0.5, 0.6) is 0 Å². The van der Waals surface area contributed by atoms with Gasteiger partial charge in [0.1, 0.15) is 23.8 Å². The smallest absolute Gasteiger partial charge is 0.408 e. The second-order valence-corrected chi connectivity index (χ2v) is 7.30. The van der Waals surface area contributed by atoms with E-state index in [0.29, 0.717) is 6.42 Å². The summed E-state index contributed by atoms with van der Waals surface area (Å²) < 4.78 is 9.89. The second-order valence-electron chi connectivity index (χ2n) is 7.30. The van der Waals surface area contributed by atoms with Gasteiger partial charge in [-0.25, -0.2) is 19.7 Å². The Labute approximate surface area is 191 Å². The number of esters is 1. The molecule has 0 aliphatic heterocycles. The van der Waals surface area contributed by atoms with Crippen molar-refractivity contribution in [2.75, 3.05) is 13.7 Å². The van der Waals surface area contributed by atoms with Gasteiger partial charge in [-0.15, -0.1) is 0 Å². The summed E-state index contributed by atoms with van der Waals surface area (Å²) in [5, 5.41) is 19.8. The van der Waals surface area contributed by atoms with Crippen LogP contribution in [-0.4, -0.2) is 54.7 Å². The van der Waals surface area contributed by atoms with Crippen molar-refractivity contribution in [2.45, 2.75) is 45.4 Å². The van der Waals surface area contributed by atoms with Gasteiger partial charge in [-0.2, -0.15) is 0 Å². The molecule has 0 aromatic heterocycles. The van der Waals surface area contributed by atoms with E-state index in [-0.39, 0.29) is 31.4 Å². The number of hydrazone groups is 1. The molecule has 2 atom stereocenters. The number of nitrogens with one attached hydrogen (secondary N) is 3. The van der Waals surface area contributed by atoms with E-state index in [9.17, 15) is 24.5 Å². The molecule has 0 bridgehead atoms. The third-order valence-corrected chi connectivity index (χ3v) is 4.40. The first-order valence-corrected chi connectivity index (χ1v) is 10.2. The maximum Gasteiger partial charge on any atom is 0.408 e. The number of amides is 2. The van der Waals surface area contributed by atoms with Crippen LogP contribution in [-0.2, 0) is 25.7 Å². The molecule has 1 aromatic rings. The van der Waals surface area contributed by atoms with Crippen LogP contribution in [0.4, 0.5) is 4.79 Å². The van der Waals surface area contributed by atoms with E-state index in [2.05, 4.69) is 21.1 Å². The van der Waals surface area contributed by atoms with Gasteiger partial charge in [0, 0.05) is 6.54 Å². The Bertz CT molecular complexity index is 831. The largest absolute Gasteiger partial charge is 0.467 e. The molecule has 0 spiro atoms. The number of benzene rings is 1. The standard InChI is InChI=1S/C20H30N6O7/c1-13(2)16(24-20(29)33-12-14-8-5-4-6-9-14)17(27)23-15(18(28)32-3)10-7-11-22-19(21)25-26(30)31/h4-6,8-9,13,15-16H,7,10-12H2,1-3H3,(H,23,27)(H,24,29)(H3,21,22,25)/t15-,16+/m1/s1. The van der Waals surface area contributed by atoms with Crippen LogP contribution in [0.3, 0.4) is 0 Å². The molecule has 1 rings (SSSR count). The van der Waals surface area contributed by atoms with Crippen LogP contribution in [0, 0.1) is 16.0 Å². The van der Waals surface area contributed by atoms with Crippen molar-refractivity contribution in [3.8, 4) is 0 Å². The molecule has 0 aliphatic rings. The maximum absolute atomic E-state index is 12.8. The van der Waals surface area contributed by atoms with Gasteiger partial charge in [0.05, 0.1) is 7.11 Å². The van der Waals surface area contributed by atoms with Gasteiger partial charge < -0.3 is 31.2 Å². The number of nitrogens with two attached hydrogens (primary N) is 1. The van der Waals surface area contributed by atoms with E-state index in [1.54, 1.807) is 26.0 Å². The minimum atomic E-state index is -0.999. The van der Waals surface area contributed by atoms with Gasteiger partial charge in [0.15, 0.2) is 5.03 Å². The van der Waals surface area contributed by atoms with Crippen LogP contribution in [0.25, 0.3) is 0 Å². The van der Waals surface area contributed by atoms with Crippen LogP contribution < -0.4 is 21.7 Å². The number of ether oxygens (including phenoxy) is 2. The number of nitrogens with zero attached hydrogens (tertiary/aromatic N) is 2. The van der Waals surface area contributed by atoms with Gasteiger partial charge in [0.2, 0.25) is 5.91 Å². The summed E-state index contributed by atoms with van der Waals surface area (Å²) >= 11 is 0. The normalized spacial score (nSPS) is 12.9. The summed E-state index contributed by atoms with van der Waals surface area (Å²) in [7, 11) is 1.18. The van der Waals surface area contributed by atoms with Gasteiger partial charge in [-0.3, -0.25) is 4.79 Å². The second kappa shape index (κ2) is 14.2.